The van der Waals surface area contributed by atoms with Crippen LogP contribution in [0, 0.1) is 0 Å². The maximum Gasteiger partial charge on any atom is 0.243 e. The first-order chi connectivity index (χ1) is 11.5. The molecule has 0 unspecified atom stereocenters. The molecule has 1 saturated heterocycles. The van der Waals surface area contributed by atoms with Crippen molar-refractivity contribution in [1.82, 2.24) is 4.31 Å². The lowest BCUT2D eigenvalue weighted by atomic mass is 10.2. The van der Waals surface area contributed by atoms with Gasteiger partial charge in [-0.3, -0.25) is 4.99 Å². The van der Waals surface area contributed by atoms with E-state index >= 15 is 0 Å². The minimum Gasteiger partial charge on any atom is -0.508 e. The molecule has 1 heterocycles. The molecular formula is C17H18N2O4S. The topological polar surface area (TPSA) is 90.2 Å². The molecule has 24 heavy (non-hydrogen) atoms. The van der Waals surface area contributed by atoms with Crippen molar-refractivity contribution in [3.8, 4) is 11.5 Å². The molecule has 1 aliphatic rings. The number of aromatic hydroxyl groups is 2. The molecule has 0 spiro atoms. The number of hydrogen-bond donors (Lipinski definition) is 2. The molecule has 2 aromatic carbocycles. The molecule has 7 heteroatoms. The Labute approximate surface area is 140 Å². The molecule has 0 aromatic heterocycles. The maximum atomic E-state index is 12.4. The Hall–Kier alpha value is -2.38. The molecule has 6 nitrogen and oxygen atoms in total. The lowest BCUT2D eigenvalue weighted by molar-refractivity contribution is 0.450. The molecule has 0 saturated carbocycles. The zero-order chi connectivity index (χ0) is 17.2. The number of benzene rings is 2. The monoisotopic (exact) mass is 346 g/mol. The number of phenols is 2. The van der Waals surface area contributed by atoms with Crippen LogP contribution in [0.4, 0.5) is 5.69 Å². The summed E-state index contributed by atoms with van der Waals surface area (Å²) in [4.78, 5) is 4.47. The van der Waals surface area contributed by atoms with E-state index in [1.807, 2.05) is 0 Å². The summed E-state index contributed by atoms with van der Waals surface area (Å²) in [7, 11) is -3.42. The van der Waals surface area contributed by atoms with Crippen molar-refractivity contribution in [2.75, 3.05) is 13.1 Å². The van der Waals surface area contributed by atoms with Crippen LogP contribution < -0.4 is 0 Å². The summed E-state index contributed by atoms with van der Waals surface area (Å²) in [5.41, 5.74) is 1.03. The minimum atomic E-state index is -3.42. The number of phenolic OH excluding ortho intramolecular Hbond substituents is 2. The Morgan fingerprint density at radius 1 is 1.00 bits per heavy atom. The number of nitrogens with zero attached hydrogens (tertiary/aromatic N) is 2. The molecule has 3 rings (SSSR count). The highest BCUT2D eigenvalue weighted by atomic mass is 32.2. The first-order valence-electron chi connectivity index (χ1n) is 7.63. The van der Waals surface area contributed by atoms with E-state index in [1.165, 1.54) is 34.8 Å². The summed E-state index contributed by atoms with van der Waals surface area (Å²) in [6, 6.07) is 10.5. The number of sulfonamides is 1. The largest absolute Gasteiger partial charge is 0.508 e. The van der Waals surface area contributed by atoms with E-state index in [1.54, 1.807) is 18.2 Å². The van der Waals surface area contributed by atoms with Gasteiger partial charge in [0.05, 0.1) is 10.6 Å². The van der Waals surface area contributed by atoms with Crippen LogP contribution in [0.1, 0.15) is 18.4 Å². The first-order valence-corrected chi connectivity index (χ1v) is 9.07. The fourth-order valence-corrected chi connectivity index (χ4v) is 4.08. The zero-order valence-electron chi connectivity index (χ0n) is 13.0. The normalized spacial score (nSPS) is 16.0. The van der Waals surface area contributed by atoms with Gasteiger partial charge in [0, 0.05) is 30.9 Å². The summed E-state index contributed by atoms with van der Waals surface area (Å²) >= 11 is 0. The Morgan fingerprint density at radius 3 is 2.29 bits per heavy atom. The number of aliphatic imine (C=N–C) groups is 1. The molecule has 0 aliphatic carbocycles. The van der Waals surface area contributed by atoms with E-state index in [0.29, 0.717) is 24.3 Å². The lowest BCUT2D eigenvalue weighted by Crippen LogP contribution is -2.27. The molecule has 0 amide bonds. The third kappa shape index (κ3) is 3.42. The third-order valence-electron chi connectivity index (χ3n) is 3.91. The average molecular weight is 346 g/mol. The van der Waals surface area contributed by atoms with Crippen molar-refractivity contribution >= 4 is 21.9 Å². The van der Waals surface area contributed by atoms with E-state index in [-0.39, 0.29) is 16.4 Å². The van der Waals surface area contributed by atoms with Gasteiger partial charge in [-0.1, -0.05) is 0 Å². The van der Waals surface area contributed by atoms with Crippen molar-refractivity contribution in [3.05, 3.63) is 48.0 Å². The summed E-state index contributed by atoms with van der Waals surface area (Å²) in [5, 5.41) is 19.0. The second kappa shape index (κ2) is 6.62. The van der Waals surface area contributed by atoms with Gasteiger partial charge in [0.25, 0.3) is 0 Å². The second-order valence-electron chi connectivity index (χ2n) is 5.61. The van der Waals surface area contributed by atoms with Crippen LogP contribution in [0.25, 0.3) is 0 Å². The first kappa shape index (κ1) is 16.5. The summed E-state index contributed by atoms with van der Waals surface area (Å²) in [6.45, 7) is 1.14. The molecule has 0 bridgehead atoms. The molecule has 0 atom stereocenters. The third-order valence-corrected chi connectivity index (χ3v) is 5.82. The second-order valence-corrected chi connectivity index (χ2v) is 7.54. The van der Waals surface area contributed by atoms with Gasteiger partial charge in [-0.05, 0) is 49.2 Å². The van der Waals surface area contributed by atoms with Crippen LogP contribution in [0.2, 0.25) is 0 Å². The molecule has 2 N–H and O–H groups in total. The average Bonchev–Trinajstić information content (AvgIpc) is 3.10. The zero-order valence-corrected chi connectivity index (χ0v) is 13.8. The van der Waals surface area contributed by atoms with Crippen molar-refractivity contribution in [3.63, 3.8) is 0 Å². The van der Waals surface area contributed by atoms with E-state index in [0.717, 1.165) is 12.8 Å². The predicted octanol–water partition coefficient (Wildman–Crippen LogP) is 2.63. The maximum absolute atomic E-state index is 12.4. The highest BCUT2D eigenvalue weighted by Crippen LogP contribution is 2.24. The number of rotatable bonds is 4. The fraction of sp³-hybridized carbons (Fsp3) is 0.235. The van der Waals surface area contributed by atoms with Crippen LogP contribution in [0.15, 0.2) is 52.4 Å². The molecule has 1 aliphatic heterocycles. The van der Waals surface area contributed by atoms with Gasteiger partial charge in [0.2, 0.25) is 10.0 Å². The Bertz CT molecular complexity index is 855. The standard InChI is InChI=1S/C17H18N2O4S/c20-15-6-3-13(17(21)11-15)12-18-14-4-7-16(8-5-14)24(22,23)19-9-1-2-10-19/h3-8,11-12,20-21H,1-2,9-10H2. The van der Waals surface area contributed by atoms with Crippen LogP contribution in [-0.2, 0) is 10.0 Å². The highest BCUT2D eigenvalue weighted by Gasteiger charge is 2.26. The highest BCUT2D eigenvalue weighted by molar-refractivity contribution is 7.89. The van der Waals surface area contributed by atoms with E-state index < -0.39 is 10.0 Å². The van der Waals surface area contributed by atoms with E-state index in [9.17, 15) is 18.6 Å². The van der Waals surface area contributed by atoms with Gasteiger partial charge in [0.1, 0.15) is 11.5 Å². The molecule has 0 radical (unpaired) electrons. The minimum absolute atomic E-state index is 0.0267. The van der Waals surface area contributed by atoms with Gasteiger partial charge < -0.3 is 10.2 Å². The Morgan fingerprint density at radius 2 is 1.67 bits per heavy atom. The van der Waals surface area contributed by atoms with Crippen molar-refractivity contribution < 1.29 is 18.6 Å². The SMILES string of the molecule is O=S(=O)(c1ccc(N=Cc2ccc(O)cc2O)cc1)N1CCCC1. The Kier molecular flexibility index (Phi) is 4.55. The van der Waals surface area contributed by atoms with Crippen LogP contribution in [0.3, 0.4) is 0 Å². The van der Waals surface area contributed by atoms with Crippen molar-refractivity contribution in [1.29, 1.82) is 0 Å². The Balaban J connectivity index is 1.78. The van der Waals surface area contributed by atoms with Crippen LogP contribution in [0.5, 0.6) is 11.5 Å². The molecule has 1 fully saturated rings. The summed E-state index contributed by atoms with van der Waals surface area (Å²) in [5.74, 6) is -0.104. The molecular weight excluding hydrogens is 328 g/mol. The summed E-state index contributed by atoms with van der Waals surface area (Å²) < 4.78 is 26.4. The van der Waals surface area contributed by atoms with Gasteiger partial charge in [-0.25, -0.2) is 8.42 Å². The van der Waals surface area contributed by atoms with Crippen LogP contribution in [-0.4, -0.2) is 42.2 Å². The van der Waals surface area contributed by atoms with E-state index in [4.69, 9.17) is 0 Å². The number of hydrogen-bond acceptors (Lipinski definition) is 5. The van der Waals surface area contributed by atoms with Crippen molar-refractivity contribution in [2.45, 2.75) is 17.7 Å². The van der Waals surface area contributed by atoms with Gasteiger partial charge in [0.15, 0.2) is 0 Å². The van der Waals surface area contributed by atoms with Gasteiger partial charge >= 0.3 is 0 Å². The quantitative estimate of drug-likeness (QED) is 0.833. The lowest BCUT2D eigenvalue weighted by Gasteiger charge is -2.15. The summed E-state index contributed by atoms with van der Waals surface area (Å²) in [6.07, 6.45) is 3.26. The van der Waals surface area contributed by atoms with Gasteiger partial charge in [-0.15, -0.1) is 0 Å². The van der Waals surface area contributed by atoms with E-state index in [2.05, 4.69) is 4.99 Å². The van der Waals surface area contributed by atoms with Crippen LogP contribution >= 0.6 is 0 Å². The predicted molar refractivity (Wildman–Crippen MR) is 91.5 cm³/mol. The van der Waals surface area contributed by atoms with Gasteiger partial charge in [-0.2, -0.15) is 4.31 Å². The van der Waals surface area contributed by atoms with Crippen molar-refractivity contribution in [2.24, 2.45) is 4.99 Å². The smallest absolute Gasteiger partial charge is 0.243 e. The molecule has 126 valence electrons. The fourth-order valence-electron chi connectivity index (χ4n) is 2.57. The molecule has 2 aromatic rings.